The fraction of sp³-hybridized carbons (Fsp3) is 0.478. The van der Waals surface area contributed by atoms with Crippen LogP contribution in [-0.4, -0.2) is 33.6 Å². The van der Waals surface area contributed by atoms with E-state index in [1.807, 2.05) is 11.0 Å². The van der Waals surface area contributed by atoms with Crippen molar-refractivity contribution in [1.82, 2.24) is 15.1 Å². The minimum atomic E-state index is -0.151. The Hall–Kier alpha value is -2.56. The average Bonchev–Trinajstić information content (AvgIpc) is 3.38. The highest BCUT2D eigenvalue weighted by Crippen LogP contribution is 2.45. The lowest BCUT2D eigenvalue weighted by atomic mass is 9.79. The molecule has 5 heteroatoms. The maximum atomic E-state index is 13.6. The lowest BCUT2D eigenvalue weighted by molar-refractivity contribution is -0.134. The number of aryl methyl sites for hydroxylation is 1. The smallest absolute Gasteiger partial charge is 0.245 e. The van der Waals surface area contributed by atoms with Crippen LogP contribution in [0.5, 0.6) is 0 Å². The molecule has 0 saturated carbocycles. The van der Waals surface area contributed by atoms with Gasteiger partial charge in [-0.2, -0.15) is 5.10 Å². The Bertz CT molecular complexity index is 915. The van der Waals surface area contributed by atoms with Gasteiger partial charge >= 0.3 is 0 Å². The van der Waals surface area contributed by atoms with Crippen LogP contribution in [0.1, 0.15) is 54.6 Å². The van der Waals surface area contributed by atoms with Crippen molar-refractivity contribution in [2.24, 2.45) is 5.92 Å². The van der Waals surface area contributed by atoms with Crippen molar-refractivity contribution < 1.29 is 4.79 Å². The predicted molar refractivity (Wildman–Crippen MR) is 110 cm³/mol. The van der Waals surface area contributed by atoms with Crippen LogP contribution in [0.2, 0.25) is 0 Å². The van der Waals surface area contributed by atoms with Crippen molar-refractivity contribution in [3.63, 3.8) is 0 Å². The second kappa shape index (κ2) is 7.12. The van der Waals surface area contributed by atoms with E-state index in [4.69, 9.17) is 0 Å². The van der Waals surface area contributed by atoms with Gasteiger partial charge in [-0.15, -0.1) is 0 Å². The number of nitrogens with zero attached hydrogens (tertiary/aromatic N) is 2. The highest BCUT2D eigenvalue weighted by atomic mass is 16.2. The van der Waals surface area contributed by atoms with Crippen LogP contribution in [0.3, 0.4) is 0 Å². The molecule has 2 N–H and O–H groups in total. The molecule has 1 aromatic heterocycles. The van der Waals surface area contributed by atoms with Gasteiger partial charge in [-0.1, -0.05) is 43.7 Å². The summed E-state index contributed by atoms with van der Waals surface area (Å²) in [6.07, 6.45) is 9.66. The Kier molecular flexibility index (Phi) is 4.46. The molecule has 3 atom stereocenters. The van der Waals surface area contributed by atoms with E-state index in [-0.39, 0.29) is 11.9 Å². The second-order valence-electron chi connectivity index (χ2n) is 8.30. The molecule has 0 spiro atoms. The molecule has 5 rings (SSSR count). The zero-order valence-corrected chi connectivity index (χ0v) is 16.4. The standard InChI is InChI=1S/C23H28N4O/c1-2-3-10-20-18-14-27(13-12-21(18)26-25-20)23(28)22-17-9-6-8-15(17)16-7-4-5-11-19(16)24-22/h4-8,11,15,17,22,24H,2-3,9-10,12-14H2,1H3,(H,25,26). The number of aromatic amines is 1. The van der Waals surface area contributed by atoms with Gasteiger partial charge in [0.1, 0.15) is 6.04 Å². The predicted octanol–water partition coefficient (Wildman–Crippen LogP) is 3.79. The number of H-pyrrole nitrogens is 1. The van der Waals surface area contributed by atoms with Gasteiger partial charge in [0.05, 0.1) is 5.69 Å². The second-order valence-corrected chi connectivity index (χ2v) is 8.30. The van der Waals surface area contributed by atoms with Crippen molar-refractivity contribution in [3.05, 3.63) is 58.9 Å². The lowest BCUT2D eigenvalue weighted by Crippen LogP contribution is -2.50. The number of allylic oxidation sites excluding steroid dienone is 2. The normalized spacial score (nSPS) is 25.0. The summed E-state index contributed by atoms with van der Waals surface area (Å²) in [5.41, 5.74) is 6.06. The molecule has 1 aliphatic carbocycles. The molecule has 3 aliphatic rings. The lowest BCUT2D eigenvalue weighted by Gasteiger charge is -2.39. The Balaban J connectivity index is 1.38. The SMILES string of the molecule is CCCCc1n[nH]c2c1CN(C(=O)C1Nc3ccccc3C3C=CCC13)CC2. The number of benzene rings is 1. The van der Waals surface area contributed by atoms with E-state index >= 15 is 0 Å². The summed E-state index contributed by atoms with van der Waals surface area (Å²) in [6, 6.07) is 8.28. The molecule has 0 fully saturated rings. The van der Waals surface area contributed by atoms with Gasteiger partial charge < -0.3 is 10.2 Å². The Morgan fingerprint density at radius 1 is 1.32 bits per heavy atom. The van der Waals surface area contributed by atoms with Crippen molar-refractivity contribution in [2.45, 2.75) is 57.5 Å². The van der Waals surface area contributed by atoms with Crippen LogP contribution < -0.4 is 5.32 Å². The molecule has 3 unspecified atom stereocenters. The number of unbranched alkanes of at least 4 members (excludes halogenated alkanes) is 1. The largest absolute Gasteiger partial charge is 0.373 e. The van der Waals surface area contributed by atoms with E-state index in [1.165, 1.54) is 16.8 Å². The summed E-state index contributed by atoms with van der Waals surface area (Å²) in [5, 5.41) is 11.3. The number of aromatic nitrogens is 2. The summed E-state index contributed by atoms with van der Waals surface area (Å²) in [5.74, 6) is 0.898. The van der Waals surface area contributed by atoms with Crippen molar-refractivity contribution in [2.75, 3.05) is 11.9 Å². The summed E-state index contributed by atoms with van der Waals surface area (Å²) in [4.78, 5) is 15.6. The Labute approximate surface area is 166 Å². The first-order chi connectivity index (χ1) is 13.8. The first-order valence-electron chi connectivity index (χ1n) is 10.6. The van der Waals surface area contributed by atoms with Crippen LogP contribution in [0.25, 0.3) is 0 Å². The van der Waals surface area contributed by atoms with E-state index in [0.717, 1.165) is 50.0 Å². The van der Waals surface area contributed by atoms with Gasteiger partial charge in [-0.25, -0.2) is 0 Å². The third-order valence-corrected chi connectivity index (χ3v) is 6.64. The van der Waals surface area contributed by atoms with Gasteiger partial charge in [0.25, 0.3) is 0 Å². The molecule has 146 valence electrons. The minimum absolute atomic E-state index is 0.151. The van der Waals surface area contributed by atoms with Crippen LogP contribution in [0.4, 0.5) is 5.69 Å². The fourth-order valence-corrected chi connectivity index (χ4v) is 5.08. The fourth-order valence-electron chi connectivity index (χ4n) is 5.08. The number of rotatable bonds is 4. The summed E-state index contributed by atoms with van der Waals surface area (Å²) < 4.78 is 0. The first kappa shape index (κ1) is 17.5. The minimum Gasteiger partial charge on any atom is -0.373 e. The first-order valence-corrected chi connectivity index (χ1v) is 10.6. The molecule has 0 saturated heterocycles. The zero-order chi connectivity index (χ0) is 19.1. The molecule has 0 bridgehead atoms. The van der Waals surface area contributed by atoms with Crippen LogP contribution >= 0.6 is 0 Å². The van der Waals surface area contributed by atoms with Crippen molar-refractivity contribution in [3.8, 4) is 0 Å². The maximum absolute atomic E-state index is 13.6. The Morgan fingerprint density at radius 2 is 2.21 bits per heavy atom. The third kappa shape index (κ3) is 2.84. The highest BCUT2D eigenvalue weighted by molar-refractivity contribution is 5.87. The number of fused-ring (bicyclic) bond motifs is 4. The number of nitrogens with one attached hydrogen (secondary N) is 2. The number of hydrogen-bond acceptors (Lipinski definition) is 3. The van der Waals surface area contributed by atoms with Crippen LogP contribution in [-0.2, 0) is 24.2 Å². The van der Waals surface area contributed by atoms with E-state index in [2.05, 4.69) is 52.8 Å². The average molecular weight is 377 g/mol. The van der Waals surface area contributed by atoms with Gasteiger partial charge in [-0.3, -0.25) is 9.89 Å². The van der Waals surface area contributed by atoms with Crippen molar-refractivity contribution >= 4 is 11.6 Å². The van der Waals surface area contributed by atoms with E-state index in [1.54, 1.807) is 0 Å². The number of hydrogen-bond donors (Lipinski definition) is 2. The van der Waals surface area contributed by atoms with E-state index < -0.39 is 0 Å². The van der Waals surface area contributed by atoms with Gasteiger partial charge in [0.2, 0.25) is 5.91 Å². The van der Waals surface area contributed by atoms with Gasteiger partial charge in [0.15, 0.2) is 0 Å². The molecule has 2 aromatic rings. The number of anilines is 1. The maximum Gasteiger partial charge on any atom is 0.245 e. The molecule has 2 aliphatic heterocycles. The monoisotopic (exact) mass is 376 g/mol. The number of para-hydroxylation sites is 1. The van der Waals surface area contributed by atoms with Gasteiger partial charge in [0, 0.05) is 48.3 Å². The molecule has 28 heavy (non-hydrogen) atoms. The van der Waals surface area contributed by atoms with E-state index in [0.29, 0.717) is 18.4 Å². The van der Waals surface area contributed by atoms with Crippen molar-refractivity contribution in [1.29, 1.82) is 0 Å². The van der Waals surface area contributed by atoms with Crippen LogP contribution in [0, 0.1) is 5.92 Å². The highest BCUT2D eigenvalue weighted by Gasteiger charge is 2.42. The quantitative estimate of drug-likeness (QED) is 0.798. The zero-order valence-electron chi connectivity index (χ0n) is 16.4. The topological polar surface area (TPSA) is 61.0 Å². The molecule has 5 nitrogen and oxygen atoms in total. The molecule has 1 amide bonds. The molecule has 3 heterocycles. The third-order valence-electron chi connectivity index (χ3n) is 6.64. The summed E-state index contributed by atoms with van der Waals surface area (Å²) >= 11 is 0. The molecular formula is C23H28N4O. The van der Waals surface area contributed by atoms with Crippen LogP contribution in [0.15, 0.2) is 36.4 Å². The summed E-state index contributed by atoms with van der Waals surface area (Å²) in [7, 11) is 0. The molecular weight excluding hydrogens is 348 g/mol. The number of carbonyl (C=O) groups excluding carboxylic acids is 1. The number of amides is 1. The summed E-state index contributed by atoms with van der Waals surface area (Å²) in [6.45, 7) is 3.66. The number of carbonyl (C=O) groups is 1. The Morgan fingerprint density at radius 3 is 3.11 bits per heavy atom. The van der Waals surface area contributed by atoms with Gasteiger partial charge in [-0.05, 0) is 30.9 Å². The van der Waals surface area contributed by atoms with E-state index in [9.17, 15) is 4.79 Å². The molecule has 1 aromatic carbocycles. The molecule has 0 radical (unpaired) electrons.